The first-order valence-corrected chi connectivity index (χ1v) is 10.3. The number of nitrogens with two attached hydrogens (primary N) is 1. The summed E-state index contributed by atoms with van der Waals surface area (Å²) in [4.78, 5) is 37.3. The standard InChI is InChI=1S/C19H15N3O5S2/c20-13-3-1-2-4-14(13)28-19-17(21-15(23)9-16(21)29-19)18(24)27-10-11-5-7-12(8-6-11)22(25)26/h1-8,16H,9-10,20H2/t16-/m0/s1. The zero-order valence-corrected chi connectivity index (χ0v) is 16.6. The number of nitro groups is 1. The van der Waals surface area contributed by atoms with Gasteiger partial charge in [-0.25, -0.2) is 4.79 Å². The molecule has 2 aliphatic rings. The maximum atomic E-state index is 12.8. The summed E-state index contributed by atoms with van der Waals surface area (Å²) in [5, 5.41) is 10.6. The van der Waals surface area contributed by atoms with Crippen molar-refractivity contribution in [2.45, 2.75) is 23.3 Å². The normalized spacial score (nSPS) is 17.7. The molecule has 0 unspecified atom stereocenters. The molecule has 1 amide bonds. The van der Waals surface area contributed by atoms with Crippen LogP contribution in [0.4, 0.5) is 11.4 Å². The molecule has 4 rings (SSSR count). The van der Waals surface area contributed by atoms with Crippen LogP contribution in [0.25, 0.3) is 0 Å². The zero-order chi connectivity index (χ0) is 20.5. The van der Waals surface area contributed by atoms with E-state index in [1.165, 1.54) is 52.7 Å². The van der Waals surface area contributed by atoms with Crippen molar-refractivity contribution >= 4 is 46.8 Å². The molecule has 29 heavy (non-hydrogen) atoms. The van der Waals surface area contributed by atoms with Gasteiger partial charge in [0.25, 0.3) is 5.69 Å². The first-order chi connectivity index (χ1) is 13.9. The third kappa shape index (κ3) is 3.81. The van der Waals surface area contributed by atoms with Crippen LogP contribution < -0.4 is 5.73 Å². The molecule has 2 aromatic carbocycles. The number of carbonyl (C=O) groups excluding carboxylic acids is 2. The van der Waals surface area contributed by atoms with Crippen LogP contribution in [0.5, 0.6) is 0 Å². The van der Waals surface area contributed by atoms with E-state index in [-0.39, 0.29) is 29.3 Å². The number of carbonyl (C=O) groups is 2. The second-order valence-corrected chi connectivity index (χ2v) is 8.81. The molecule has 8 nitrogen and oxygen atoms in total. The van der Waals surface area contributed by atoms with E-state index in [1.807, 2.05) is 18.2 Å². The maximum absolute atomic E-state index is 12.8. The number of non-ortho nitro benzene ring substituents is 1. The van der Waals surface area contributed by atoms with Gasteiger partial charge in [0, 0.05) is 22.7 Å². The van der Waals surface area contributed by atoms with Crippen molar-refractivity contribution in [3.05, 3.63) is 74.1 Å². The Balaban J connectivity index is 1.52. The molecule has 2 N–H and O–H groups in total. The van der Waals surface area contributed by atoms with Crippen LogP contribution in [-0.4, -0.2) is 27.1 Å². The lowest BCUT2D eigenvalue weighted by atomic mass is 10.2. The molecule has 1 saturated heterocycles. The van der Waals surface area contributed by atoms with Crippen molar-refractivity contribution in [3.8, 4) is 0 Å². The molecule has 2 aromatic rings. The van der Waals surface area contributed by atoms with E-state index in [0.717, 1.165) is 4.90 Å². The number of β-lactam (4-membered cyclic amide) rings is 1. The second kappa shape index (κ2) is 7.80. The lowest BCUT2D eigenvalue weighted by Crippen LogP contribution is -2.48. The third-order valence-corrected chi connectivity index (χ3v) is 6.98. The predicted octanol–water partition coefficient (Wildman–Crippen LogP) is 3.49. The molecule has 2 heterocycles. The minimum atomic E-state index is -0.608. The topological polar surface area (TPSA) is 116 Å². The molecule has 0 aliphatic carbocycles. The Hall–Kier alpha value is -2.98. The number of nitrogen functional groups attached to an aromatic ring is 1. The van der Waals surface area contributed by atoms with Gasteiger partial charge in [-0.3, -0.25) is 19.8 Å². The Morgan fingerprint density at radius 1 is 1.28 bits per heavy atom. The summed E-state index contributed by atoms with van der Waals surface area (Å²) in [5.41, 5.74) is 7.39. The maximum Gasteiger partial charge on any atom is 0.357 e. The largest absolute Gasteiger partial charge is 0.456 e. The summed E-state index contributed by atoms with van der Waals surface area (Å²) < 4.78 is 6.07. The second-order valence-electron chi connectivity index (χ2n) is 6.32. The quantitative estimate of drug-likeness (QED) is 0.244. The number of hydrogen-bond acceptors (Lipinski definition) is 8. The summed E-state index contributed by atoms with van der Waals surface area (Å²) >= 11 is 2.79. The van der Waals surface area contributed by atoms with Gasteiger partial charge < -0.3 is 10.5 Å². The SMILES string of the molecule is Nc1ccccc1SC1=C(C(=O)OCc2ccc([N+](=O)[O-])cc2)N2C(=O)C[C@@H]2S1. The van der Waals surface area contributed by atoms with Gasteiger partial charge >= 0.3 is 5.97 Å². The van der Waals surface area contributed by atoms with Crippen LogP contribution >= 0.6 is 23.5 Å². The van der Waals surface area contributed by atoms with Crippen molar-refractivity contribution in [3.63, 3.8) is 0 Å². The Kier molecular flexibility index (Phi) is 5.20. The van der Waals surface area contributed by atoms with Crippen LogP contribution in [0.1, 0.15) is 12.0 Å². The number of nitrogens with zero attached hydrogens (tertiary/aromatic N) is 2. The first kappa shape index (κ1) is 19.3. The van der Waals surface area contributed by atoms with E-state index in [2.05, 4.69) is 0 Å². The molecular formula is C19H15N3O5S2. The number of rotatable bonds is 6. The van der Waals surface area contributed by atoms with E-state index in [4.69, 9.17) is 10.5 Å². The van der Waals surface area contributed by atoms with E-state index < -0.39 is 10.9 Å². The van der Waals surface area contributed by atoms with Crippen LogP contribution in [0.3, 0.4) is 0 Å². The van der Waals surface area contributed by atoms with Gasteiger partial charge in [0.2, 0.25) is 5.91 Å². The number of ether oxygens (including phenoxy) is 1. The molecule has 0 saturated carbocycles. The highest BCUT2D eigenvalue weighted by Crippen LogP contribution is 2.53. The Labute approximate surface area is 174 Å². The summed E-state index contributed by atoms with van der Waals surface area (Å²) in [6.45, 7) is -0.0525. The highest BCUT2D eigenvalue weighted by molar-refractivity contribution is 8.22. The number of thioether (sulfide) groups is 2. The van der Waals surface area contributed by atoms with Crippen molar-refractivity contribution in [1.82, 2.24) is 4.90 Å². The number of amides is 1. The fraction of sp³-hybridized carbons (Fsp3) is 0.158. The fourth-order valence-electron chi connectivity index (χ4n) is 2.89. The van der Waals surface area contributed by atoms with Crippen molar-refractivity contribution in [2.24, 2.45) is 0 Å². The Morgan fingerprint density at radius 3 is 2.66 bits per heavy atom. The number of fused-ring (bicyclic) bond motifs is 1. The van der Waals surface area contributed by atoms with Crippen molar-refractivity contribution in [2.75, 3.05) is 5.73 Å². The van der Waals surface area contributed by atoms with Crippen LogP contribution in [0.15, 0.2) is 63.4 Å². The van der Waals surface area contributed by atoms with E-state index in [9.17, 15) is 19.7 Å². The molecular weight excluding hydrogens is 414 g/mol. The molecule has 0 spiro atoms. The van der Waals surface area contributed by atoms with Gasteiger partial charge in [-0.05, 0) is 29.8 Å². The number of hydrogen-bond donors (Lipinski definition) is 1. The third-order valence-electron chi connectivity index (χ3n) is 4.42. The van der Waals surface area contributed by atoms with Crippen LogP contribution in [0.2, 0.25) is 0 Å². The Morgan fingerprint density at radius 2 is 2.00 bits per heavy atom. The van der Waals surface area contributed by atoms with Gasteiger partial charge in [0.05, 0.1) is 21.0 Å². The molecule has 0 aromatic heterocycles. The smallest absolute Gasteiger partial charge is 0.357 e. The number of benzene rings is 2. The van der Waals surface area contributed by atoms with Gasteiger partial charge in [-0.15, -0.1) is 0 Å². The molecule has 2 aliphatic heterocycles. The van der Waals surface area contributed by atoms with Crippen molar-refractivity contribution < 1.29 is 19.2 Å². The lowest BCUT2D eigenvalue weighted by molar-refractivity contribution is -0.384. The van der Waals surface area contributed by atoms with Gasteiger partial charge in [0.1, 0.15) is 6.61 Å². The Bertz CT molecular complexity index is 1040. The average Bonchev–Trinajstić information content (AvgIpc) is 3.00. The van der Waals surface area contributed by atoms with Gasteiger partial charge in [-0.1, -0.05) is 35.7 Å². The average molecular weight is 429 g/mol. The molecule has 0 bridgehead atoms. The van der Waals surface area contributed by atoms with E-state index in [1.54, 1.807) is 6.07 Å². The van der Waals surface area contributed by atoms with E-state index >= 15 is 0 Å². The lowest BCUT2D eigenvalue weighted by Gasteiger charge is -2.34. The number of para-hydroxylation sites is 1. The van der Waals surface area contributed by atoms with Crippen molar-refractivity contribution in [1.29, 1.82) is 0 Å². The number of anilines is 1. The van der Waals surface area contributed by atoms with Gasteiger partial charge in [-0.2, -0.15) is 0 Å². The molecule has 0 radical (unpaired) electrons. The number of nitro benzene ring substituents is 1. The number of esters is 1. The summed E-state index contributed by atoms with van der Waals surface area (Å²) in [6, 6.07) is 13.1. The molecule has 1 atom stereocenters. The molecule has 10 heteroatoms. The summed E-state index contributed by atoms with van der Waals surface area (Å²) in [7, 11) is 0. The highest BCUT2D eigenvalue weighted by Gasteiger charge is 2.49. The van der Waals surface area contributed by atoms with E-state index in [0.29, 0.717) is 21.9 Å². The monoisotopic (exact) mass is 429 g/mol. The van der Waals surface area contributed by atoms with Crippen LogP contribution in [-0.2, 0) is 20.9 Å². The highest BCUT2D eigenvalue weighted by atomic mass is 32.2. The predicted molar refractivity (Wildman–Crippen MR) is 109 cm³/mol. The fourth-order valence-corrected chi connectivity index (χ4v) is 5.59. The minimum Gasteiger partial charge on any atom is -0.456 e. The summed E-state index contributed by atoms with van der Waals surface area (Å²) in [6.07, 6.45) is 0.373. The summed E-state index contributed by atoms with van der Waals surface area (Å²) in [5.74, 6) is -0.732. The molecule has 148 valence electrons. The molecule has 1 fully saturated rings. The van der Waals surface area contributed by atoms with Gasteiger partial charge in [0.15, 0.2) is 5.70 Å². The first-order valence-electron chi connectivity index (χ1n) is 8.60. The zero-order valence-electron chi connectivity index (χ0n) is 14.9. The van der Waals surface area contributed by atoms with Crippen LogP contribution in [0, 0.1) is 10.1 Å². The minimum absolute atomic E-state index is 0.0388.